The molecule has 4 heteroatoms. The number of nitrogens with one attached hydrogen (secondary N) is 1. The molecule has 0 unspecified atom stereocenters. The first kappa shape index (κ1) is 9.78. The Bertz CT molecular complexity index is 531. The van der Waals surface area contributed by atoms with E-state index in [1.807, 2.05) is 0 Å². The smallest absolute Gasteiger partial charge is 0.140 e. The van der Waals surface area contributed by atoms with Crippen molar-refractivity contribution < 1.29 is 13.2 Å². The van der Waals surface area contributed by atoms with Crippen LogP contribution in [0.5, 0.6) is 0 Å². The molecule has 1 aromatic carbocycles. The minimum atomic E-state index is -0.610. The fraction of sp³-hybridized carbons (Fsp3) is 0.333. The topological polar surface area (TPSA) is 25.2 Å². The Kier molecular flexibility index (Phi) is 2.17. The molecule has 0 atom stereocenters. The minimum Gasteiger partial charge on any atom is -0.459 e. The van der Waals surface area contributed by atoms with E-state index >= 15 is 0 Å². The largest absolute Gasteiger partial charge is 0.459 e. The van der Waals surface area contributed by atoms with E-state index < -0.39 is 11.6 Å². The van der Waals surface area contributed by atoms with Gasteiger partial charge in [0.2, 0.25) is 0 Å². The average Bonchev–Trinajstić information content (AvgIpc) is 2.96. The SMILES string of the molecule is Fc1cc(F)c2cc(CNC3CC3)oc2c1. The maximum Gasteiger partial charge on any atom is 0.140 e. The number of benzene rings is 1. The molecule has 0 aliphatic heterocycles. The average molecular weight is 223 g/mol. The molecule has 1 fully saturated rings. The van der Waals surface area contributed by atoms with Gasteiger partial charge in [-0.3, -0.25) is 0 Å². The highest BCUT2D eigenvalue weighted by Gasteiger charge is 2.21. The van der Waals surface area contributed by atoms with Crippen molar-refractivity contribution in [1.29, 1.82) is 0 Å². The Balaban J connectivity index is 1.91. The van der Waals surface area contributed by atoms with Crippen LogP contribution in [-0.2, 0) is 6.54 Å². The van der Waals surface area contributed by atoms with Gasteiger partial charge in [-0.1, -0.05) is 0 Å². The van der Waals surface area contributed by atoms with Gasteiger partial charge in [-0.05, 0) is 18.9 Å². The molecule has 84 valence electrons. The molecule has 0 radical (unpaired) electrons. The fourth-order valence-electron chi connectivity index (χ4n) is 1.74. The summed E-state index contributed by atoms with van der Waals surface area (Å²) in [5.41, 5.74) is 0.269. The van der Waals surface area contributed by atoms with E-state index in [4.69, 9.17) is 4.42 Å². The van der Waals surface area contributed by atoms with Crippen LogP contribution in [0.15, 0.2) is 22.6 Å². The molecule has 2 aromatic rings. The Hall–Kier alpha value is -1.42. The molecular weight excluding hydrogens is 212 g/mol. The quantitative estimate of drug-likeness (QED) is 0.865. The summed E-state index contributed by atoms with van der Waals surface area (Å²) in [6.45, 7) is 0.570. The predicted octanol–water partition coefficient (Wildman–Crippen LogP) is 2.96. The van der Waals surface area contributed by atoms with Gasteiger partial charge in [0.1, 0.15) is 23.0 Å². The Labute approximate surface area is 91.2 Å². The summed E-state index contributed by atoms with van der Waals surface area (Å²) in [5, 5.41) is 3.60. The molecule has 1 aliphatic rings. The van der Waals surface area contributed by atoms with Crippen molar-refractivity contribution in [2.24, 2.45) is 0 Å². The first-order chi connectivity index (χ1) is 7.72. The molecule has 3 rings (SSSR count). The van der Waals surface area contributed by atoms with Gasteiger partial charge in [-0.2, -0.15) is 0 Å². The Morgan fingerprint density at radius 1 is 1.25 bits per heavy atom. The molecule has 1 aromatic heterocycles. The highest BCUT2D eigenvalue weighted by Crippen LogP contribution is 2.25. The summed E-state index contributed by atoms with van der Waals surface area (Å²) in [5.74, 6) is -0.538. The molecule has 0 bridgehead atoms. The van der Waals surface area contributed by atoms with Crippen molar-refractivity contribution in [1.82, 2.24) is 5.32 Å². The molecule has 2 nitrogen and oxygen atoms in total. The first-order valence-corrected chi connectivity index (χ1v) is 5.33. The van der Waals surface area contributed by atoms with Crippen molar-refractivity contribution in [3.8, 4) is 0 Å². The maximum atomic E-state index is 13.4. The number of hydrogen-bond acceptors (Lipinski definition) is 2. The second-order valence-corrected chi connectivity index (χ2v) is 4.17. The number of halogens is 2. The summed E-state index contributed by atoms with van der Waals surface area (Å²) in [6, 6.07) is 4.27. The molecule has 0 amide bonds. The summed E-state index contributed by atoms with van der Waals surface area (Å²) < 4.78 is 31.6. The third-order valence-corrected chi connectivity index (χ3v) is 2.75. The van der Waals surface area contributed by atoms with Gasteiger partial charge in [0.15, 0.2) is 0 Å². The summed E-state index contributed by atoms with van der Waals surface area (Å²) in [4.78, 5) is 0. The van der Waals surface area contributed by atoms with Gasteiger partial charge in [0, 0.05) is 18.2 Å². The van der Waals surface area contributed by atoms with Crippen molar-refractivity contribution >= 4 is 11.0 Å². The van der Waals surface area contributed by atoms with Crippen molar-refractivity contribution in [2.45, 2.75) is 25.4 Å². The zero-order valence-electron chi connectivity index (χ0n) is 8.59. The van der Waals surface area contributed by atoms with Crippen molar-refractivity contribution in [3.05, 3.63) is 35.6 Å². The van der Waals surface area contributed by atoms with Crippen LogP contribution < -0.4 is 5.32 Å². The standard InChI is InChI=1S/C12H11F2NO/c13-7-3-11(14)10-5-9(16-12(10)4-7)6-15-8-1-2-8/h3-5,8,15H,1-2,6H2. The van der Waals surface area contributed by atoms with E-state index in [9.17, 15) is 8.78 Å². The highest BCUT2D eigenvalue weighted by atomic mass is 19.1. The van der Waals surface area contributed by atoms with Gasteiger partial charge >= 0.3 is 0 Å². The Morgan fingerprint density at radius 2 is 2.06 bits per heavy atom. The molecule has 1 heterocycles. The first-order valence-electron chi connectivity index (χ1n) is 5.33. The van der Waals surface area contributed by atoms with E-state index in [2.05, 4.69) is 5.32 Å². The summed E-state index contributed by atoms with van der Waals surface area (Å²) >= 11 is 0. The monoisotopic (exact) mass is 223 g/mol. The van der Waals surface area contributed by atoms with Crippen LogP contribution in [-0.4, -0.2) is 6.04 Å². The van der Waals surface area contributed by atoms with E-state index in [1.54, 1.807) is 6.07 Å². The number of fused-ring (bicyclic) bond motifs is 1. The van der Waals surface area contributed by atoms with Crippen LogP contribution in [0, 0.1) is 11.6 Å². The second-order valence-electron chi connectivity index (χ2n) is 4.17. The van der Waals surface area contributed by atoms with E-state index in [0.29, 0.717) is 23.7 Å². The number of rotatable bonds is 3. The van der Waals surface area contributed by atoms with Gasteiger partial charge in [0.05, 0.1) is 11.9 Å². The predicted molar refractivity (Wildman–Crippen MR) is 56.0 cm³/mol. The van der Waals surface area contributed by atoms with Crippen molar-refractivity contribution in [3.63, 3.8) is 0 Å². The van der Waals surface area contributed by atoms with Crippen molar-refractivity contribution in [2.75, 3.05) is 0 Å². The molecular formula is C12H11F2NO. The third-order valence-electron chi connectivity index (χ3n) is 2.75. The second kappa shape index (κ2) is 3.56. The van der Waals surface area contributed by atoms with Gasteiger partial charge in [-0.25, -0.2) is 8.78 Å². The van der Waals surface area contributed by atoms with Crippen LogP contribution in [0.4, 0.5) is 8.78 Å². The summed E-state index contributed by atoms with van der Waals surface area (Å²) in [7, 11) is 0. The van der Waals surface area contributed by atoms with Crippen LogP contribution in [0.25, 0.3) is 11.0 Å². The lowest BCUT2D eigenvalue weighted by molar-refractivity contribution is 0.509. The highest BCUT2D eigenvalue weighted by molar-refractivity contribution is 5.78. The zero-order valence-corrected chi connectivity index (χ0v) is 8.59. The summed E-state index contributed by atoms with van der Waals surface area (Å²) in [6.07, 6.45) is 2.37. The molecule has 1 N–H and O–H groups in total. The minimum absolute atomic E-state index is 0.269. The van der Waals surface area contributed by atoms with Crippen LogP contribution in [0.3, 0.4) is 0 Å². The number of hydrogen-bond donors (Lipinski definition) is 1. The van der Waals surface area contributed by atoms with Crippen LogP contribution >= 0.6 is 0 Å². The van der Waals surface area contributed by atoms with Gasteiger partial charge in [-0.15, -0.1) is 0 Å². The lowest BCUT2D eigenvalue weighted by Gasteiger charge is -1.96. The van der Waals surface area contributed by atoms with Crippen LogP contribution in [0.2, 0.25) is 0 Å². The lowest BCUT2D eigenvalue weighted by atomic mass is 10.2. The van der Waals surface area contributed by atoms with Crippen LogP contribution in [0.1, 0.15) is 18.6 Å². The Morgan fingerprint density at radius 3 is 2.81 bits per heavy atom. The molecule has 1 aliphatic carbocycles. The van der Waals surface area contributed by atoms with E-state index in [-0.39, 0.29) is 5.58 Å². The molecule has 0 spiro atoms. The zero-order chi connectivity index (χ0) is 11.1. The molecule has 1 saturated carbocycles. The van der Waals surface area contributed by atoms with Gasteiger partial charge < -0.3 is 9.73 Å². The lowest BCUT2D eigenvalue weighted by Crippen LogP contribution is -2.14. The van der Waals surface area contributed by atoms with E-state index in [1.165, 1.54) is 18.9 Å². The molecule has 16 heavy (non-hydrogen) atoms. The third kappa shape index (κ3) is 1.80. The fourth-order valence-corrected chi connectivity index (χ4v) is 1.74. The number of furan rings is 1. The van der Waals surface area contributed by atoms with E-state index in [0.717, 1.165) is 6.07 Å². The van der Waals surface area contributed by atoms with Gasteiger partial charge in [0.25, 0.3) is 0 Å². The maximum absolute atomic E-state index is 13.4. The normalized spacial score (nSPS) is 15.9. The molecule has 0 saturated heterocycles.